The van der Waals surface area contributed by atoms with Gasteiger partial charge in [-0.15, -0.1) is 0 Å². The molecule has 1 fully saturated rings. The summed E-state index contributed by atoms with van der Waals surface area (Å²) < 4.78 is 22.0. The van der Waals surface area contributed by atoms with Crippen LogP contribution in [0.2, 0.25) is 0 Å². The van der Waals surface area contributed by atoms with E-state index >= 15 is 0 Å². The summed E-state index contributed by atoms with van der Waals surface area (Å²) in [6, 6.07) is 0. The molecule has 2 heterocycles. The molecule has 1 atom stereocenters. The number of phosphoric ester groups is 1. The van der Waals surface area contributed by atoms with Crippen LogP contribution < -0.4 is 11.3 Å². The molecule has 3 rings (SSSR count). The van der Waals surface area contributed by atoms with Crippen LogP contribution in [-0.2, 0) is 18.6 Å². The first-order chi connectivity index (χ1) is 12.1. The van der Waals surface area contributed by atoms with E-state index in [1.165, 1.54) is 17.8 Å². The average Bonchev–Trinajstić information content (AvgIpc) is 3.05. The third kappa shape index (κ3) is 3.83. The molecule has 0 radical (unpaired) electrons. The summed E-state index contributed by atoms with van der Waals surface area (Å²) in [7, 11) is -4.68. The molecule has 13 heteroatoms. The summed E-state index contributed by atoms with van der Waals surface area (Å²) in [6.07, 6.45) is 3.32. The first-order valence-corrected chi connectivity index (χ1v) is 8.90. The summed E-state index contributed by atoms with van der Waals surface area (Å²) in [4.78, 5) is 51.0. The van der Waals surface area contributed by atoms with Gasteiger partial charge in [-0.3, -0.25) is 23.7 Å². The van der Waals surface area contributed by atoms with Gasteiger partial charge >= 0.3 is 13.8 Å². The van der Waals surface area contributed by atoms with E-state index in [0.29, 0.717) is 12.0 Å². The number of rotatable bonds is 6. The molecule has 0 saturated heterocycles. The van der Waals surface area contributed by atoms with Crippen LogP contribution in [0.25, 0.3) is 17.4 Å². The van der Waals surface area contributed by atoms with E-state index < -0.39 is 24.8 Å². The average molecular weight is 385 g/mol. The molecule has 1 aliphatic rings. The van der Waals surface area contributed by atoms with Gasteiger partial charge in [0.1, 0.15) is 12.9 Å². The molecule has 5 N–H and O–H groups in total. The zero-order valence-corrected chi connectivity index (χ0v) is 14.5. The molecule has 0 aromatic carbocycles. The highest BCUT2D eigenvalue weighted by molar-refractivity contribution is 7.46. The van der Waals surface area contributed by atoms with E-state index in [-0.39, 0.29) is 30.3 Å². The number of imidazole rings is 1. The first kappa shape index (κ1) is 18.3. The number of hydrogen-bond donors (Lipinski definition) is 4. The highest BCUT2D eigenvalue weighted by Gasteiger charge is 2.51. The minimum absolute atomic E-state index is 0.0746. The first-order valence-electron chi connectivity index (χ1n) is 7.37. The maximum atomic E-state index is 11.8. The van der Waals surface area contributed by atoms with Crippen molar-refractivity contribution in [3.8, 4) is 0 Å². The van der Waals surface area contributed by atoms with Crippen LogP contribution in [0.5, 0.6) is 0 Å². The van der Waals surface area contributed by atoms with Crippen molar-refractivity contribution in [2.24, 2.45) is 5.41 Å². The summed E-state index contributed by atoms with van der Waals surface area (Å²) >= 11 is 0. The zero-order valence-electron chi connectivity index (χ0n) is 13.6. The van der Waals surface area contributed by atoms with Crippen LogP contribution in [0.3, 0.4) is 0 Å². The fourth-order valence-corrected chi connectivity index (χ4v) is 2.90. The van der Waals surface area contributed by atoms with Crippen LogP contribution in [-0.4, -0.2) is 48.5 Å². The number of esters is 1. The zero-order chi connectivity index (χ0) is 19.1. The smallest absolute Gasteiger partial charge is 0.465 e. The number of nitrogens with two attached hydrogens (primary N) is 1. The van der Waals surface area contributed by atoms with Crippen molar-refractivity contribution in [3.63, 3.8) is 0 Å². The lowest BCUT2D eigenvalue weighted by atomic mass is 10.1. The molecule has 0 aliphatic heterocycles. The maximum absolute atomic E-state index is 11.8. The number of H-pyrrole nitrogens is 1. The molecular formula is C13H16N5O7P. The van der Waals surface area contributed by atoms with E-state index in [1.54, 1.807) is 6.20 Å². The van der Waals surface area contributed by atoms with Gasteiger partial charge in [-0.05, 0) is 12.0 Å². The number of aromatic nitrogens is 4. The van der Waals surface area contributed by atoms with Gasteiger partial charge in [-0.2, -0.15) is 4.98 Å². The number of nitrogens with zero attached hydrogens (tertiary/aromatic N) is 3. The SMILES string of the molecule is CC(=O)OCC1(COP(=O)(O)O)C/C1=C/n1cnc2c(=O)[nH]c(N)nc21. The number of carbonyl (C=O) groups excluding carboxylic acids is 1. The number of ether oxygens (including phenoxy) is 1. The largest absolute Gasteiger partial charge is 0.469 e. The van der Waals surface area contributed by atoms with Gasteiger partial charge < -0.3 is 20.3 Å². The number of phosphoric acid groups is 1. The standard InChI is InChI=1S/C13H16N5O7P/c1-7(19)24-4-13(5-25-26(21,22)23)2-8(13)3-18-6-15-9-10(18)16-12(14)17-11(9)20/h3,6H,2,4-5H2,1H3,(H2,21,22,23)(H3,14,16,17,20)/b8-3-. The molecule has 1 unspecified atom stereocenters. The van der Waals surface area contributed by atoms with Crippen LogP contribution >= 0.6 is 7.82 Å². The predicted molar refractivity (Wildman–Crippen MR) is 88.5 cm³/mol. The Morgan fingerprint density at radius 2 is 2.27 bits per heavy atom. The second kappa shape index (κ2) is 6.32. The summed E-state index contributed by atoms with van der Waals surface area (Å²) in [5, 5.41) is 0. The van der Waals surface area contributed by atoms with Gasteiger partial charge in [-0.1, -0.05) is 0 Å². The van der Waals surface area contributed by atoms with E-state index in [9.17, 15) is 14.2 Å². The van der Waals surface area contributed by atoms with Gasteiger partial charge in [0.2, 0.25) is 5.95 Å². The molecule has 1 aliphatic carbocycles. The Balaban J connectivity index is 1.91. The monoisotopic (exact) mass is 385 g/mol. The predicted octanol–water partition coefficient (Wildman–Crippen LogP) is -0.395. The highest BCUT2D eigenvalue weighted by Crippen LogP contribution is 2.55. The maximum Gasteiger partial charge on any atom is 0.469 e. The normalized spacial score (nSPS) is 21.3. The molecule has 2 aromatic rings. The molecule has 0 amide bonds. The molecule has 12 nitrogen and oxygen atoms in total. The lowest BCUT2D eigenvalue weighted by Crippen LogP contribution is -2.19. The fourth-order valence-electron chi connectivity index (χ4n) is 2.48. The third-order valence-electron chi connectivity index (χ3n) is 3.89. The molecule has 1 saturated carbocycles. The lowest BCUT2D eigenvalue weighted by molar-refractivity contribution is -0.142. The fraction of sp³-hybridized carbons (Fsp3) is 0.385. The van der Waals surface area contributed by atoms with Crippen LogP contribution in [0.15, 0.2) is 16.7 Å². The number of fused-ring (bicyclic) bond motifs is 1. The molecule has 26 heavy (non-hydrogen) atoms. The number of anilines is 1. The highest BCUT2D eigenvalue weighted by atomic mass is 31.2. The van der Waals surface area contributed by atoms with Crippen molar-refractivity contribution in [2.75, 3.05) is 18.9 Å². The number of carbonyl (C=O) groups is 1. The van der Waals surface area contributed by atoms with Crippen molar-refractivity contribution in [2.45, 2.75) is 13.3 Å². The van der Waals surface area contributed by atoms with Gasteiger partial charge in [0.05, 0.1) is 12.0 Å². The molecule has 140 valence electrons. The van der Waals surface area contributed by atoms with Gasteiger partial charge in [0, 0.05) is 13.1 Å². The van der Waals surface area contributed by atoms with Crippen molar-refractivity contribution >= 4 is 37.1 Å². The Bertz CT molecular complexity index is 1010. The van der Waals surface area contributed by atoms with E-state index in [1.807, 2.05) is 0 Å². The van der Waals surface area contributed by atoms with Crippen molar-refractivity contribution in [1.82, 2.24) is 19.5 Å². The third-order valence-corrected chi connectivity index (χ3v) is 4.36. The number of hydrogen-bond acceptors (Lipinski definition) is 8. The van der Waals surface area contributed by atoms with Crippen LogP contribution in [0.4, 0.5) is 5.95 Å². The summed E-state index contributed by atoms with van der Waals surface area (Å²) in [6.45, 7) is 0.793. The van der Waals surface area contributed by atoms with Crippen LogP contribution in [0, 0.1) is 5.41 Å². The topological polar surface area (TPSA) is 183 Å². The molecular weight excluding hydrogens is 369 g/mol. The van der Waals surface area contributed by atoms with Gasteiger partial charge in [0.25, 0.3) is 5.56 Å². The molecule has 0 bridgehead atoms. The second-order valence-corrected chi connectivity index (χ2v) is 7.17. The van der Waals surface area contributed by atoms with E-state index in [0.717, 1.165) is 0 Å². The Morgan fingerprint density at radius 3 is 2.92 bits per heavy atom. The van der Waals surface area contributed by atoms with Gasteiger partial charge in [-0.25, -0.2) is 9.55 Å². The Hall–Kier alpha value is -2.53. The van der Waals surface area contributed by atoms with Crippen molar-refractivity contribution in [3.05, 3.63) is 22.3 Å². The van der Waals surface area contributed by atoms with Crippen molar-refractivity contribution in [1.29, 1.82) is 0 Å². The molecule has 0 spiro atoms. The van der Waals surface area contributed by atoms with E-state index in [4.69, 9.17) is 20.3 Å². The summed E-state index contributed by atoms with van der Waals surface area (Å²) in [5.41, 5.74) is 5.19. The molecule has 2 aromatic heterocycles. The second-order valence-electron chi connectivity index (χ2n) is 5.93. The Morgan fingerprint density at radius 1 is 1.54 bits per heavy atom. The van der Waals surface area contributed by atoms with Gasteiger partial charge in [0.15, 0.2) is 11.2 Å². The Kier molecular flexibility index (Phi) is 4.44. The van der Waals surface area contributed by atoms with Crippen molar-refractivity contribution < 1.29 is 28.4 Å². The minimum Gasteiger partial charge on any atom is -0.465 e. The van der Waals surface area contributed by atoms with E-state index in [2.05, 4.69) is 19.5 Å². The minimum atomic E-state index is -4.68. The lowest BCUT2D eigenvalue weighted by Gasteiger charge is -2.15. The number of aromatic amines is 1. The summed E-state index contributed by atoms with van der Waals surface area (Å²) in [5.74, 6) is -0.602. The number of nitrogens with one attached hydrogen (secondary N) is 1. The Labute approximate surface area is 145 Å². The number of nitrogen functional groups attached to an aromatic ring is 1. The quantitative estimate of drug-likeness (QED) is 0.377. The van der Waals surface area contributed by atoms with Crippen LogP contribution in [0.1, 0.15) is 13.3 Å².